The van der Waals surface area contributed by atoms with E-state index in [4.69, 9.17) is 4.74 Å². The molecule has 0 unspecified atom stereocenters. The quantitative estimate of drug-likeness (QED) is 0.440. The summed E-state index contributed by atoms with van der Waals surface area (Å²) in [6.45, 7) is 12.2. The molecular weight excluding hydrogens is 409 g/mol. The number of benzene rings is 2. The topological polar surface area (TPSA) is 57.3 Å². The van der Waals surface area contributed by atoms with Gasteiger partial charge in [-0.15, -0.1) is 0 Å². The van der Waals surface area contributed by atoms with Crippen molar-refractivity contribution in [3.05, 3.63) is 64.6 Å². The van der Waals surface area contributed by atoms with E-state index >= 15 is 0 Å². The van der Waals surface area contributed by atoms with E-state index in [2.05, 4.69) is 23.5 Å². The van der Waals surface area contributed by atoms with Gasteiger partial charge in [0.05, 0.1) is 23.9 Å². The molecular formula is C23H31F3N2O3. The molecule has 172 valence electrons. The van der Waals surface area contributed by atoms with Crippen molar-refractivity contribution in [2.24, 2.45) is 0 Å². The highest BCUT2D eigenvalue weighted by Crippen LogP contribution is 2.32. The summed E-state index contributed by atoms with van der Waals surface area (Å²) in [6, 6.07) is 11.0. The smallest absolute Gasteiger partial charge is 0.446 e. The van der Waals surface area contributed by atoms with Gasteiger partial charge in [-0.05, 0) is 30.3 Å². The predicted molar refractivity (Wildman–Crippen MR) is 118 cm³/mol. The fraction of sp³-hybridized carbons (Fsp3) is 0.391. The number of aromatic nitrogens is 2. The number of rotatable bonds is 3. The van der Waals surface area contributed by atoms with E-state index in [-0.39, 0.29) is 11.5 Å². The second kappa shape index (κ2) is 14.1. The zero-order valence-electron chi connectivity index (χ0n) is 19.1. The van der Waals surface area contributed by atoms with Crippen LogP contribution in [0, 0.1) is 0 Å². The van der Waals surface area contributed by atoms with Crippen LogP contribution in [0.5, 0.6) is 5.75 Å². The molecule has 0 fully saturated rings. The van der Waals surface area contributed by atoms with Crippen LogP contribution >= 0.6 is 0 Å². The Balaban J connectivity index is 0.00000116. The predicted octanol–water partition coefficient (Wildman–Crippen LogP) is 6.99. The molecule has 0 spiro atoms. The first kappa shape index (κ1) is 28.0. The lowest BCUT2D eigenvalue weighted by Crippen LogP contribution is -2.15. The third kappa shape index (κ3) is 7.62. The molecule has 1 heterocycles. The Labute approximate surface area is 181 Å². The normalized spacial score (nSPS) is 9.87. The van der Waals surface area contributed by atoms with Crippen LogP contribution in [0.15, 0.2) is 57.8 Å². The van der Waals surface area contributed by atoms with Crippen LogP contribution < -0.4 is 10.5 Å². The summed E-state index contributed by atoms with van der Waals surface area (Å²) in [7, 11) is 1.44. The molecule has 31 heavy (non-hydrogen) atoms. The van der Waals surface area contributed by atoms with E-state index in [9.17, 15) is 18.0 Å². The van der Waals surface area contributed by atoms with E-state index in [1.54, 1.807) is 24.3 Å². The fourth-order valence-electron chi connectivity index (χ4n) is 2.30. The summed E-state index contributed by atoms with van der Waals surface area (Å²) in [5, 5.41) is 3.68. The highest BCUT2D eigenvalue weighted by atomic mass is 19.4. The molecule has 0 aliphatic heterocycles. The van der Waals surface area contributed by atoms with Crippen LogP contribution in [-0.2, 0) is 6.18 Å². The van der Waals surface area contributed by atoms with E-state index in [0.717, 1.165) is 16.7 Å². The molecule has 3 aromatic rings. The molecule has 1 aromatic heterocycles. The van der Waals surface area contributed by atoms with Gasteiger partial charge in [-0.2, -0.15) is 13.2 Å². The summed E-state index contributed by atoms with van der Waals surface area (Å²) in [5.41, 5.74) is -0.459. The molecule has 0 aliphatic carbocycles. The zero-order chi connectivity index (χ0) is 24.0. The summed E-state index contributed by atoms with van der Waals surface area (Å²) in [5.74, 6) is -0.432. The summed E-state index contributed by atoms with van der Waals surface area (Å²) in [4.78, 5) is 12.0. The van der Waals surface area contributed by atoms with Crippen molar-refractivity contribution in [3.63, 3.8) is 0 Å². The summed E-state index contributed by atoms with van der Waals surface area (Å²) in [6.07, 6.45) is -3.28. The van der Waals surface area contributed by atoms with Crippen molar-refractivity contribution in [1.29, 1.82) is 0 Å². The summed E-state index contributed by atoms with van der Waals surface area (Å²) < 4.78 is 49.5. The van der Waals surface area contributed by atoms with Gasteiger partial charge in [-0.25, -0.2) is 9.36 Å². The molecule has 3 rings (SSSR count). The molecule has 2 aromatic carbocycles. The number of alkyl halides is 3. The molecule has 8 heteroatoms. The van der Waals surface area contributed by atoms with Crippen molar-refractivity contribution in [2.75, 3.05) is 7.11 Å². The second-order valence-corrected chi connectivity index (χ2v) is 5.56. The third-order valence-corrected chi connectivity index (χ3v) is 3.38. The molecule has 5 nitrogen and oxygen atoms in total. The van der Waals surface area contributed by atoms with Gasteiger partial charge in [0.2, 0.25) is 0 Å². The lowest BCUT2D eigenvalue weighted by molar-refractivity contribution is -0.137. The second-order valence-electron chi connectivity index (χ2n) is 5.56. The molecule has 0 saturated heterocycles. The summed E-state index contributed by atoms with van der Waals surface area (Å²) >= 11 is 0. The number of methoxy groups -OCH3 is 1. The lowest BCUT2D eigenvalue weighted by Gasteiger charge is -2.11. The van der Waals surface area contributed by atoms with Crippen molar-refractivity contribution in [1.82, 2.24) is 9.72 Å². The van der Waals surface area contributed by atoms with Gasteiger partial charge in [0.1, 0.15) is 5.75 Å². The van der Waals surface area contributed by atoms with Crippen LogP contribution in [0.4, 0.5) is 13.2 Å². The van der Waals surface area contributed by atoms with Crippen molar-refractivity contribution in [3.8, 4) is 22.8 Å². The highest BCUT2D eigenvalue weighted by molar-refractivity contribution is 5.65. The Morgan fingerprint density at radius 2 is 1.58 bits per heavy atom. The first-order chi connectivity index (χ1) is 14.8. The minimum atomic E-state index is -4.53. The molecule has 0 aliphatic rings. The van der Waals surface area contributed by atoms with Crippen molar-refractivity contribution < 1.29 is 22.4 Å². The Morgan fingerprint density at radius 1 is 1.00 bits per heavy atom. The molecule has 0 atom stereocenters. The van der Waals surface area contributed by atoms with Gasteiger partial charge in [0.15, 0.2) is 5.82 Å². The maximum atomic E-state index is 12.9. The van der Waals surface area contributed by atoms with Gasteiger partial charge >= 0.3 is 11.9 Å². The third-order valence-electron chi connectivity index (χ3n) is 3.38. The number of hydrogen-bond acceptors (Lipinski definition) is 4. The van der Waals surface area contributed by atoms with Gasteiger partial charge in [0, 0.05) is 0 Å². The molecule has 0 saturated carbocycles. The molecule has 0 bridgehead atoms. The largest absolute Gasteiger partial charge is 0.496 e. The molecule has 0 amide bonds. The van der Waals surface area contributed by atoms with E-state index < -0.39 is 17.5 Å². The van der Waals surface area contributed by atoms with Crippen LogP contribution in [0.2, 0.25) is 0 Å². The standard InChI is InChI=1S/C16H11F3N2O3.C3H8.2C2H6/c1-23-13-8-3-2-7-12(13)14-20-24-15(22)21(14)11-6-4-5-10(9-11)16(17,18)19;1-3-2;2*1-2/h2-9H,1H3;3H2,1-2H3;2*1-2H3. The maximum Gasteiger partial charge on any atom is 0.446 e. The number of para-hydroxylation sites is 1. The van der Waals surface area contributed by atoms with Crippen LogP contribution in [0.1, 0.15) is 53.5 Å². The monoisotopic (exact) mass is 440 g/mol. The minimum Gasteiger partial charge on any atom is -0.496 e. The first-order valence-corrected chi connectivity index (χ1v) is 10.2. The average Bonchev–Trinajstić information content (AvgIpc) is 3.17. The van der Waals surface area contributed by atoms with Crippen LogP contribution in [-0.4, -0.2) is 16.8 Å². The van der Waals surface area contributed by atoms with Gasteiger partial charge in [-0.3, -0.25) is 4.52 Å². The fourth-order valence-corrected chi connectivity index (χ4v) is 2.30. The van der Waals surface area contributed by atoms with E-state index in [1.165, 1.54) is 25.7 Å². The number of hydrogen-bond donors (Lipinski definition) is 0. The van der Waals surface area contributed by atoms with Crippen LogP contribution in [0.25, 0.3) is 17.1 Å². The Morgan fingerprint density at radius 3 is 2.13 bits per heavy atom. The lowest BCUT2D eigenvalue weighted by atomic mass is 10.1. The Kier molecular flexibility index (Phi) is 12.7. The van der Waals surface area contributed by atoms with Crippen molar-refractivity contribution in [2.45, 2.75) is 54.1 Å². The van der Waals surface area contributed by atoms with E-state index in [1.807, 2.05) is 27.7 Å². The Bertz CT molecular complexity index is 947. The highest BCUT2D eigenvalue weighted by Gasteiger charge is 2.31. The van der Waals surface area contributed by atoms with Crippen LogP contribution in [0.3, 0.4) is 0 Å². The Hall–Kier alpha value is -3.03. The van der Waals surface area contributed by atoms with Gasteiger partial charge in [-0.1, -0.05) is 71.3 Å². The van der Waals surface area contributed by atoms with Gasteiger partial charge < -0.3 is 4.74 Å². The van der Waals surface area contributed by atoms with Gasteiger partial charge in [0.25, 0.3) is 0 Å². The zero-order valence-corrected chi connectivity index (χ0v) is 19.1. The molecule has 0 N–H and O–H groups in total. The maximum absolute atomic E-state index is 12.9. The minimum absolute atomic E-state index is 0.00280. The SMILES string of the molecule is CC.CC.CCC.COc1ccccc1-c1noc(=O)n1-c1cccc(C(F)(F)F)c1. The van der Waals surface area contributed by atoms with Crippen molar-refractivity contribution >= 4 is 0 Å². The first-order valence-electron chi connectivity index (χ1n) is 10.2. The number of nitrogens with zero attached hydrogens (tertiary/aromatic N) is 2. The molecule has 0 radical (unpaired) electrons. The number of halogens is 3. The average molecular weight is 441 g/mol. The van der Waals surface area contributed by atoms with E-state index in [0.29, 0.717) is 11.3 Å². The number of ether oxygens (including phenoxy) is 1.